The minimum absolute atomic E-state index is 0.0741. The maximum absolute atomic E-state index is 14.2. The molecule has 5 rings (SSSR count). The molecule has 2 atom stereocenters. The standard InChI is InChI=1S/C32H30N2O3/c1-32(31(37)33-20-23-10-4-2-5-11-23)28-15-9-8-14-27(28)30(36)34(21-24-12-6-3-7-13-24)29(32)26-18-16-25(22-35)17-19-26/h2-19,29,35H,20-22H2,1H3,(H,33,37)/t29-,32-/m0/s1. The smallest absolute Gasteiger partial charge is 0.255 e. The Morgan fingerprint density at radius 3 is 2.05 bits per heavy atom. The number of carbonyl (C=O) groups excluding carboxylic acids is 2. The number of hydrogen-bond donors (Lipinski definition) is 2. The topological polar surface area (TPSA) is 69.6 Å². The Balaban J connectivity index is 1.64. The van der Waals surface area contributed by atoms with E-state index >= 15 is 0 Å². The van der Waals surface area contributed by atoms with Crippen molar-refractivity contribution in [3.63, 3.8) is 0 Å². The normalized spacial score (nSPS) is 18.8. The van der Waals surface area contributed by atoms with Crippen molar-refractivity contribution in [2.24, 2.45) is 0 Å². The highest BCUT2D eigenvalue weighted by Gasteiger charge is 2.53. The predicted octanol–water partition coefficient (Wildman–Crippen LogP) is 5.15. The Bertz CT molecular complexity index is 1390. The summed E-state index contributed by atoms with van der Waals surface area (Å²) in [4.78, 5) is 30.0. The van der Waals surface area contributed by atoms with Gasteiger partial charge in [0.25, 0.3) is 5.91 Å². The molecule has 1 aliphatic rings. The molecule has 0 saturated carbocycles. The third kappa shape index (κ3) is 4.66. The first kappa shape index (κ1) is 24.5. The summed E-state index contributed by atoms with van der Waals surface area (Å²) >= 11 is 0. The molecule has 1 aliphatic heterocycles. The molecule has 0 fully saturated rings. The molecule has 2 N–H and O–H groups in total. The molecule has 0 saturated heterocycles. The van der Waals surface area contributed by atoms with E-state index in [4.69, 9.17) is 0 Å². The Kier molecular flexibility index (Phi) is 6.89. The van der Waals surface area contributed by atoms with Crippen LogP contribution in [0, 0.1) is 0 Å². The fourth-order valence-corrected chi connectivity index (χ4v) is 5.32. The summed E-state index contributed by atoms with van der Waals surface area (Å²) < 4.78 is 0. The second kappa shape index (κ2) is 10.4. The summed E-state index contributed by atoms with van der Waals surface area (Å²) in [7, 11) is 0. The number of benzene rings is 4. The van der Waals surface area contributed by atoms with Gasteiger partial charge in [0.05, 0.1) is 18.1 Å². The van der Waals surface area contributed by atoms with Crippen LogP contribution in [0.25, 0.3) is 0 Å². The van der Waals surface area contributed by atoms with Gasteiger partial charge in [-0.25, -0.2) is 0 Å². The van der Waals surface area contributed by atoms with Crippen molar-refractivity contribution in [2.75, 3.05) is 0 Å². The lowest BCUT2D eigenvalue weighted by atomic mass is 9.67. The minimum Gasteiger partial charge on any atom is -0.392 e. The van der Waals surface area contributed by atoms with E-state index < -0.39 is 11.5 Å². The van der Waals surface area contributed by atoms with E-state index in [1.54, 1.807) is 0 Å². The number of nitrogens with one attached hydrogen (secondary N) is 1. The summed E-state index contributed by atoms with van der Waals surface area (Å²) in [6.07, 6.45) is 0. The van der Waals surface area contributed by atoms with E-state index in [1.807, 2.05) is 121 Å². The maximum Gasteiger partial charge on any atom is 0.255 e. The fraction of sp³-hybridized carbons (Fsp3) is 0.188. The summed E-state index contributed by atoms with van der Waals surface area (Å²) in [6, 6.07) is 34.0. The number of aliphatic hydroxyl groups is 1. The van der Waals surface area contributed by atoms with Gasteiger partial charge in [0.15, 0.2) is 0 Å². The summed E-state index contributed by atoms with van der Waals surface area (Å²) in [5.74, 6) is -0.255. The van der Waals surface area contributed by atoms with Gasteiger partial charge in [0.2, 0.25) is 5.91 Å². The molecule has 0 spiro atoms. The fourth-order valence-electron chi connectivity index (χ4n) is 5.32. The first-order valence-electron chi connectivity index (χ1n) is 12.5. The van der Waals surface area contributed by atoms with Crippen molar-refractivity contribution in [2.45, 2.75) is 38.1 Å². The molecular weight excluding hydrogens is 460 g/mol. The van der Waals surface area contributed by atoms with Crippen LogP contribution in [-0.4, -0.2) is 21.8 Å². The Hall–Kier alpha value is -4.22. The second-order valence-electron chi connectivity index (χ2n) is 9.64. The molecule has 0 aliphatic carbocycles. The maximum atomic E-state index is 14.2. The van der Waals surface area contributed by atoms with Gasteiger partial charge in [-0.2, -0.15) is 0 Å². The number of carbonyl (C=O) groups is 2. The van der Waals surface area contributed by atoms with Gasteiger partial charge < -0.3 is 15.3 Å². The van der Waals surface area contributed by atoms with Crippen LogP contribution in [-0.2, 0) is 29.9 Å². The van der Waals surface area contributed by atoms with Gasteiger partial charge in [-0.1, -0.05) is 103 Å². The summed E-state index contributed by atoms with van der Waals surface area (Å²) in [6.45, 7) is 2.61. The molecule has 0 aromatic heterocycles. The second-order valence-corrected chi connectivity index (χ2v) is 9.64. The molecule has 0 bridgehead atoms. The molecule has 0 radical (unpaired) electrons. The molecular formula is C32H30N2O3. The van der Waals surface area contributed by atoms with E-state index in [1.165, 1.54) is 0 Å². The number of nitrogens with zero attached hydrogens (tertiary/aromatic N) is 1. The number of hydrogen-bond acceptors (Lipinski definition) is 3. The molecule has 5 nitrogen and oxygen atoms in total. The lowest BCUT2D eigenvalue weighted by molar-refractivity contribution is -0.129. The number of amides is 2. The highest BCUT2D eigenvalue weighted by molar-refractivity contribution is 6.03. The third-order valence-corrected chi connectivity index (χ3v) is 7.28. The van der Waals surface area contributed by atoms with E-state index in [9.17, 15) is 14.7 Å². The van der Waals surface area contributed by atoms with Gasteiger partial charge in [0.1, 0.15) is 0 Å². The zero-order valence-electron chi connectivity index (χ0n) is 20.8. The first-order valence-corrected chi connectivity index (χ1v) is 12.5. The van der Waals surface area contributed by atoms with Gasteiger partial charge >= 0.3 is 0 Å². The van der Waals surface area contributed by atoms with Gasteiger partial charge in [-0.3, -0.25) is 9.59 Å². The van der Waals surface area contributed by atoms with Crippen molar-refractivity contribution in [1.29, 1.82) is 0 Å². The SMILES string of the molecule is C[C@]1(C(=O)NCc2ccccc2)c2ccccc2C(=O)N(Cc2ccccc2)[C@H]1c1ccc(CO)cc1. The van der Waals surface area contributed by atoms with Crippen LogP contribution in [0.15, 0.2) is 109 Å². The number of aliphatic hydroxyl groups excluding tert-OH is 1. The highest BCUT2D eigenvalue weighted by atomic mass is 16.3. The van der Waals surface area contributed by atoms with Crippen LogP contribution in [0.4, 0.5) is 0 Å². The van der Waals surface area contributed by atoms with Crippen molar-refractivity contribution in [1.82, 2.24) is 10.2 Å². The predicted molar refractivity (Wildman–Crippen MR) is 144 cm³/mol. The van der Waals surface area contributed by atoms with Gasteiger partial charge in [-0.05, 0) is 40.8 Å². The lowest BCUT2D eigenvalue weighted by Crippen LogP contribution is -2.56. The van der Waals surface area contributed by atoms with Crippen molar-refractivity contribution in [3.8, 4) is 0 Å². The lowest BCUT2D eigenvalue weighted by Gasteiger charge is -2.48. The molecule has 4 aromatic carbocycles. The molecule has 2 amide bonds. The molecule has 4 aromatic rings. The monoisotopic (exact) mass is 490 g/mol. The molecule has 37 heavy (non-hydrogen) atoms. The Morgan fingerprint density at radius 2 is 1.41 bits per heavy atom. The number of fused-ring (bicyclic) bond motifs is 1. The van der Waals surface area contributed by atoms with Crippen LogP contribution in [0.3, 0.4) is 0 Å². The van der Waals surface area contributed by atoms with Gasteiger partial charge in [-0.15, -0.1) is 0 Å². The molecule has 0 unspecified atom stereocenters. The minimum atomic E-state index is -1.06. The average Bonchev–Trinajstić information content (AvgIpc) is 2.96. The zero-order chi connectivity index (χ0) is 25.8. The summed E-state index contributed by atoms with van der Waals surface area (Å²) in [5, 5.41) is 12.8. The molecule has 5 heteroatoms. The number of rotatable bonds is 7. The third-order valence-electron chi connectivity index (χ3n) is 7.28. The van der Waals surface area contributed by atoms with Crippen LogP contribution in [0.2, 0.25) is 0 Å². The average molecular weight is 491 g/mol. The van der Waals surface area contributed by atoms with Gasteiger partial charge in [0, 0.05) is 18.7 Å². The van der Waals surface area contributed by atoms with E-state index in [0.29, 0.717) is 24.2 Å². The Labute approximate surface area is 217 Å². The Morgan fingerprint density at radius 1 is 0.811 bits per heavy atom. The van der Waals surface area contributed by atoms with Crippen LogP contribution < -0.4 is 5.32 Å². The highest BCUT2D eigenvalue weighted by Crippen LogP contribution is 2.48. The first-order chi connectivity index (χ1) is 18.0. The van der Waals surface area contributed by atoms with Crippen molar-refractivity contribution >= 4 is 11.8 Å². The van der Waals surface area contributed by atoms with Crippen molar-refractivity contribution in [3.05, 3.63) is 143 Å². The molecule has 186 valence electrons. The van der Waals surface area contributed by atoms with Crippen LogP contribution >= 0.6 is 0 Å². The van der Waals surface area contributed by atoms with Crippen molar-refractivity contribution < 1.29 is 14.7 Å². The van der Waals surface area contributed by atoms with E-state index in [-0.39, 0.29) is 18.4 Å². The molecule has 1 heterocycles. The zero-order valence-corrected chi connectivity index (χ0v) is 20.8. The van der Waals surface area contributed by atoms with Crippen LogP contribution in [0.5, 0.6) is 0 Å². The van der Waals surface area contributed by atoms with Crippen LogP contribution in [0.1, 0.15) is 51.1 Å². The van der Waals surface area contributed by atoms with E-state index in [0.717, 1.165) is 22.3 Å². The van der Waals surface area contributed by atoms with E-state index in [2.05, 4.69) is 5.32 Å². The largest absolute Gasteiger partial charge is 0.392 e. The summed E-state index contributed by atoms with van der Waals surface area (Å²) in [5.41, 5.74) is 3.80. The quantitative estimate of drug-likeness (QED) is 0.376.